The molecule has 0 unspecified atom stereocenters. The number of alkyl halides is 6. The number of carbonyl (C=O) groups is 1. The van der Waals surface area contributed by atoms with Crippen molar-refractivity contribution in [2.75, 3.05) is 50.8 Å². The highest BCUT2D eigenvalue weighted by Gasteiger charge is 2.44. The van der Waals surface area contributed by atoms with Crippen LogP contribution in [0.15, 0.2) is 17.2 Å². The fourth-order valence-electron chi connectivity index (χ4n) is 5.16. The molecule has 2 aliphatic heterocycles. The summed E-state index contributed by atoms with van der Waals surface area (Å²) in [5, 5.41) is 5.87. The van der Waals surface area contributed by atoms with Gasteiger partial charge in [0.1, 0.15) is 11.7 Å². The lowest BCUT2D eigenvalue weighted by molar-refractivity contribution is -0.151. The second kappa shape index (κ2) is 9.80. The highest BCUT2D eigenvalue weighted by atomic mass is 19.4. The van der Waals surface area contributed by atoms with Gasteiger partial charge < -0.3 is 14.5 Å². The monoisotopic (exact) mass is 547 g/mol. The van der Waals surface area contributed by atoms with E-state index < -0.39 is 41.2 Å². The number of halogens is 6. The normalized spacial score (nSPS) is 23.0. The molecular weight excluding hydrogens is 524 g/mol. The molecule has 38 heavy (non-hydrogen) atoms. The van der Waals surface area contributed by atoms with Gasteiger partial charge in [0.05, 0.1) is 23.9 Å². The second-order valence-corrected chi connectivity index (χ2v) is 9.28. The summed E-state index contributed by atoms with van der Waals surface area (Å²) in [4.78, 5) is 37.7. The number of ether oxygens (including phenoxy) is 1. The van der Waals surface area contributed by atoms with Crippen molar-refractivity contribution < 1.29 is 35.9 Å². The topological polar surface area (TPSA) is 108 Å². The van der Waals surface area contributed by atoms with Crippen LogP contribution in [0.1, 0.15) is 34.8 Å². The molecule has 2 fully saturated rings. The summed E-state index contributed by atoms with van der Waals surface area (Å²) in [5.74, 6) is -0.153. The van der Waals surface area contributed by atoms with E-state index in [1.54, 1.807) is 9.80 Å². The zero-order valence-electron chi connectivity index (χ0n) is 19.8. The van der Waals surface area contributed by atoms with Crippen molar-refractivity contribution in [3.63, 3.8) is 0 Å². The standard InChI is InChI=1S/C22H23F6N7O3/c23-21(24,25)12-9-29-20(30-10-12)34-5-3-33(4-6-34)19(37)15-11-35(7-8-38-15)14-2-1-13-16(22(26,27)28)18(36)32-31-17(13)14/h9-10,14-15H,1-8,11H2,(H,32,36)/t14-,15+/m0/s1. The van der Waals surface area contributed by atoms with Crippen molar-refractivity contribution >= 4 is 11.9 Å². The lowest BCUT2D eigenvalue weighted by atomic mass is 10.1. The molecule has 0 bridgehead atoms. The van der Waals surface area contributed by atoms with Gasteiger partial charge in [-0.05, 0) is 18.4 Å². The lowest BCUT2D eigenvalue weighted by Crippen LogP contribution is -2.56. The van der Waals surface area contributed by atoms with E-state index in [4.69, 9.17) is 4.74 Å². The maximum absolute atomic E-state index is 13.5. The summed E-state index contributed by atoms with van der Waals surface area (Å²) in [7, 11) is 0. The molecule has 1 amide bonds. The first-order valence-electron chi connectivity index (χ1n) is 11.9. The van der Waals surface area contributed by atoms with Crippen LogP contribution in [0.3, 0.4) is 0 Å². The number of anilines is 1. The van der Waals surface area contributed by atoms with E-state index in [-0.39, 0.29) is 55.8 Å². The van der Waals surface area contributed by atoms with E-state index in [9.17, 15) is 35.9 Å². The summed E-state index contributed by atoms with van der Waals surface area (Å²) >= 11 is 0. The van der Waals surface area contributed by atoms with Crippen LogP contribution < -0.4 is 10.5 Å². The van der Waals surface area contributed by atoms with Crippen molar-refractivity contribution in [2.45, 2.75) is 37.3 Å². The first-order chi connectivity index (χ1) is 17.9. The number of H-pyrrole nitrogens is 1. The van der Waals surface area contributed by atoms with Crippen molar-refractivity contribution in [3.05, 3.63) is 45.1 Å². The van der Waals surface area contributed by atoms with Gasteiger partial charge in [-0.1, -0.05) is 0 Å². The fourth-order valence-corrected chi connectivity index (χ4v) is 5.16. The largest absolute Gasteiger partial charge is 0.422 e. The van der Waals surface area contributed by atoms with Crippen LogP contribution in [0.4, 0.5) is 32.3 Å². The Balaban J connectivity index is 1.21. The number of fused-ring (bicyclic) bond motifs is 1. The van der Waals surface area contributed by atoms with Crippen LogP contribution in [0.25, 0.3) is 0 Å². The van der Waals surface area contributed by atoms with Crippen molar-refractivity contribution in [1.82, 2.24) is 30.0 Å². The van der Waals surface area contributed by atoms with Gasteiger partial charge in [0, 0.05) is 51.7 Å². The summed E-state index contributed by atoms with van der Waals surface area (Å²) in [5.41, 5.74) is -3.39. The van der Waals surface area contributed by atoms with Crippen LogP contribution in [0, 0.1) is 0 Å². The molecule has 0 saturated carbocycles. The molecule has 5 rings (SSSR count). The lowest BCUT2D eigenvalue weighted by Gasteiger charge is -2.40. The Hall–Kier alpha value is -3.27. The highest BCUT2D eigenvalue weighted by molar-refractivity contribution is 5.81. The number of nitrogens with zero attached hydrogens (tertiary/aromatic N) is 6. The van der Waals surface area contributed by atoms with Crippen molar-refractivity contribution in [1.29, 1.82) is 0 Å². The number of rotatable bonds is 3. The number of amides is 1. The van der Waals surface area contributed by atoms with Gasteiger partial charge in [-0.3, -0.25) is 14.5 Å². The van der Waals surface area contributed by atoms with E-state index in [1.807, 2.05) is 10.00 Å². The van der Waals surface area contributed by atoms with E-state index in [0.717, 1.165) is 0 Å². The predicted molar refractivity (Wildman–Crippen MR) is 118 cm³/mol. The first-order valence-corrected chi connectivity index (χ1v) is 11.9. The molecule has 2 atom stereocenters. The van der Waals surface area contributed by atoms with E-state index >= 15 is 0 Å². The average Bonchev–Trinajstić information content (AvgIpc) is 3.31. The number of aromatic nitrogens is 4. The van der Waals surface area contributed by atoms with Gasteiger partial charge in [0.2, 0.25) is 5.95 Å². The Bertz CT molecular complexity index is 1240. The van der Waals surface area contributed by atoms with Gasteiger partial charge in [-0.2, -0.15) is 31.4 Å². The molecular formula is C22H23F6N7O3. The van der Waals surface area contributed by atoms with Crippen LogP contribution >= 0.6 is 0 Å². The molecule has 4 heterocycles. The third-order valence-electron chi connectivity index (χ3n) is 7.04. The Morgan fingerprint density at radius 2 is 1.68 bits per heavy atom. The molecule has 16 heteroatoms. The number of carbonyl (C=O) groups excluding carboxylic acids is 1. The van der Waals surface area contributed by atoms with Gasteiger partial charge in [-0.15, -0.1) is 0 Å². The smallest absolute Gasteiger partial charge is 0.366 e. The van der Waals surface area contributed by atoms with Gasteiger partial charge >= 0.3 is 12.4 Å². The third kappa shape index (κ3) is 5.06. The maximum atomic E-state index is 13.5. The SMILES string of the molecule is O=C([C@H]1CN([C@H]2CCc3c2n[nH]c(=O)c3C(F)(F)F)CCO1)N1CCN(c2ncc(C(F)(F)F)cn2)CC1. The quantitative estimate of drug-likeness (QED) is 0.579. The number of hydrogen-bond acceptors (Lipinski definition) is 8. The van der Waals surface area contributed by atoms with Crippen molar-refractivity contribution in [3.8, 4) is 0 Å². The van der Waals surface area contributed by atoms with E-state index in [0.29, 0.717) is 38.4 Å². The minimum atomic E-state index is -4.80. The number of hydrogen-bond donors (Lipinski definition) is 1. The van der Waals surface area contributed by atoms with Crippen LogP contribution in [-0.4, -0.2) is 87.9 Å². The third-order valence-corrected chi connectivity index (χ3v) is 7.04. The fraction of sp³-hybridized carbons (Fsp3) is 0.591. The number of nitrogens with one attached hydrogen (secondary N) is 1. The molecule has 1 N–H and O–H groups in total. The highest BCUT2D eigenvalue weighted by Crippen LogP contribution is 2.40. The molecule has 2 aromatic heterocycles. The minimum absolute atomic E-state index is 0.0513. The molecule has 2 saturated heterocycles. The predicted octanol–water partition coefficient (Wildman–Crippen LogP) is 1.63. The molecule has 0 aromatic carbocycles. The van der Waals surface area contributed by atoms with Crippen LogP contribution in [0.5, 0.6) is 0 Å². The van der Waals surface area contributed by atoms with Crippen molar-refractivity contribution in [2.24, 2.45) is 0 Å². The molecule has 2 aromatic rings. The molecule has 206 valence electrons. The summed E-state index contributed by atoms with van der Waals surface area (Å²) in [6.45, 7) is 1.88. The Morgan fingerprint density at radius 3 is 2.32 bits per heavy atom. The maximum Gasteiger partial charge on any atom is 0.422 e. The molecule has 1 aliphatic carbocycles. The molecule has 0 spiro atoms. The van der Waals surface area contributed by atoms with E-state index in [1.165, 1.54) is 0 Å². The Morgan fingerprint density at radius 1 is 1.00 bits per heavy atom. The average molecular weight is 547 g/mol. The molecule has 3 aliphatic rings. The minimum Gasteiger partial charge on any atom is -0.366 e. The summed E-state index contributed by atoms with van der Waals surface area (Å²) in [6, 6.07) is -0.490. The Kier molecular flexibility index (Phi) is 6.79. The first kappa shape index (κ1) is 26.3. The van der Waals surface area contributed by atoms with E-state index in [2.05, 4.69) is 15.1 Å². The van der Waals surface area contributed by atoms with Gasteiger partial charge in [0.25, 0.3) is 11.5 Å². The summed E-state index contributed by atoms with van der Waals surface area (Å²) < 4.78 is 84.3. The molecule has 10 nitrogen and oxygen atoms in total. The number of morpholine rings is 1. The number of piperazine rings is 1. The second-order valence-electron chi connectivity index (χ2n) is 9.28. The van der Waals surface area contributed by atoms with Gasteiger partial charge in [-0.25, -0.2) is 15.1 Å². The van der Waals surface area contributed by atoms with Crippen LogP contribution in [0.2, 0.25) is 0 Å². The van der Waals surface area contributed by atoms with Crippen LogP contribution in [-0.2, 0) is 28.3 Å². The number of aromatic amines is 1. The Labute approximate surface area is 211 Å². The van der Waals surface area contributed by atoms with Gasteiger partial charge in [0.15, 0.2) is 0 Å². The zero-order valence-corrected chi connectivity index (χ0v) is 19.8. The zero-order chi connectivity index (χ0) is 27.2. The molecule has 0 radical (unpaired) electrons. The summed E-state index contributed by atoms with van der Waals surface area (Å²) in [6.07, 6.45) is -8.36.